The Bertz CT molecular complexity index is 103. The molecule has 0 N–H and O–H groups in total. The number of carbonyl (C=O) groups excluding carboxylic acids is 1. The molecule has 1 saturated carbocycles. The van der Waals surface area contributed by atoms with Crippen molar-refractivity contribution in [3.05, 3.63) is 0 Å². The molecule has 0 heterocycles. The molecule has 0 amide bonds. The molecule has 0 aromatic heterocycles. The predicted molar refractivity (Wildman–Crippen MR) is 33.5 cm³/mol. The Morgan fingerprint density at radius 1 is 1.44 bits per heavy atom. The van der Waals surface area contributed by atoms with Crippen LogP contribution in [0, 0.1) is 11.8 Å². The van der Waals surface area contributed by atoms with E-state index >= 15 is 0 Å². The zero-order chi connectivity index (χ0) is 6.85. The molecule has 2 heteroatoms. The van der Waals surface area contributed by atoms with Gasteiger partial charge in [0.1, 0.15) is 6.10 Å². The fraction of sp³-hybridized carbons (Fsp3) is 0.857. The van der Waals surface area contributed by atoms with Crippen LogP contribution < -0.4 is 0 Å². The van der Waals surface area contributed by atoms with E-state index in [4.69, 9.17) is 4.74 Å². The molecule has 1 fully saturated rings. The van der Waals surface area contributed by atoms with Crippen molar-refractivity contribution in [1.29, 1.82) is 0 Å². The molecule has 1 radical (unpaired) electrons. The summed E-state index contributed by atoms with van der Waals surface area (Å²) in [5.74, 6) is 1.09. The van der Waals surface area contributed by atoms with Gasteiger partial charge in [-0.15, -0.1) is 0 Å². The second-order valence-electron chi connectivity index (χ2n) is 2.86. The van der Waals surface area contributed by atoms with Gasteiger partial charge in [0.25, 0.3) is 0 Å². The SMILES string of the molecule is CC1CC(C)C1O[C]=O. The number of ether oxygens (including phenoxy) is 1. The summed E-state index contributed by atoms with van der Waals surface area (Å²) in [4.78, 5) is 9.75. The highest BCUT2D eigenvalue weighted by Crippen LogP contribution is 2.35. The van der Waals surface area contributed by atoms with Crippen molar-refractivity contribution in [3.8, 4) is 0 Å². The van der Waals surface area contributed by atoms with E-state index in [2.05, 4.69) is 13.8 Å². The molecular formula is C7H11O2. The third kappa shape index (κ3) is 1.07. The average Bonchev–Trinajstić information content (AvgIpc) is 1.84. The summed E-state index contributed by atoms with van der Waals surface area (Å²) < 4.78 is 4.70. The lowest BCUT2D eigenvalue weighted by atomic mass is 9.74. The van der Waals surface area contributed by atoms with Crippen LogP contribution in [-0.2, 0) is 9.53 Å². The molecule has 9 heavy (non-hydrogen) atoms. The van der Waals surface area contributed by atoms with Gasteiger partial charge in [-0.25, -0.2) is 4.79 Å². The van der Waals surface area contributed by atoms with E-state index in [0.29, 0.717) is 11.8 Å². The number of rotatable bonds is 2. The van der Waals surface area contributed by atoms with Gasteiger partial charge in [-0.2, -0.15) is 0 Å². The molecule has 1 rings (SSSR count). The quantitative estimate of drug-likeness (QED) is 0.555. The Morgan fingerprint density at radius 3 is 2.22 bits per heavy atom. The van der Waals surface area contributed by atoms with Crippen LogP contribution in [0.25, 0.3) is 0 Å². The minimum absolute atomic E-state index is 0.141. The van der Waals surface area contributed by atoms with E-state index in [1.54, 1.807) is 0 Å². The van der Waals surface area contributed by atoms with E-state index in [0.717, 1.165) is 0 Å². The molecule has 0 saturated heterocycles. The maximum Gasteiger partial charge on any atom is 0.417 e. The second-order valence-corrected chi connectivity index (χ2v) is 2.86. The van der Waals surface area contributed by atoms with Crippen LogP contribution in [0.4, 0.5) is 0 Å². The highest BCUT2D eigenvalue weighted by atomic mass is 16.5. The van der Waals surface area contributed by atoms with Crippen LogP contribution in [0.1, 0.15) is 20.3 Å². The molecule has 0 bridgehead atoms. The van der Waals surface area contributed by atoms with E-state index < -0.39 is 0 Å². The third-order valence-electron chi connectivity index (χ3n) is 2.05. The Morgan fingerprint density at radius 2 is 2.00 bits per heavy atom. The lowest BCUT2D eigenvalue weighted by Gasteiger charge is -2.38. The van der Waals surface area contributed by atoms with Gasteiger partial charge in [0, 0.05) is 0 Å². The monoisotopic (exact) mass is 127 g/mol. The zero-order valence-electron chi connectivity index (χ0n) is 5.76. The molecule has 2 atom stereocenters. The summed E-state index contributed by atoms with van der Waals surface area (Å²) in [7, 11) is 0. The van der Waals surface area contributed by atoms with Crippen LogP contribution >= 0.6 is 0 Å². The summed E-state index contributed by atoms with van der Waals surface area (Å²) in [6.45, 7) is 5.65. The maximum atomic E-state index is 9.75. The van der Waals surface area contributed by atoms with Gasteiger partial charge in [0.2, 0.25) is 0 Å². The Labute approximate surface area is 55.2 Å². The van der Waals surface area contributed by atoms with Crippen LogP contribution in [-0.4, -0.2) is 12.6 Å². The normalized spacial score (nSPS) is 41.3. The van der Waals surface area contributed by atoms with Crippen molar-refractivity contribution in [2.45, 2.75) is 26.4 Å². The Hall–Kier alpha value is -0.530. The maximum absolute atomic E-state index is 9.75. The first kappa shape index (κ1) is 6.59. The summed E-state index contributed by atoms with van der Waals surface area (Å²) >= 11 is 0. The van der Waals surface area contributed by atoms with Crippen molar-refractivity contribution >= 4 is 6.47 Å². The number of hydrogen-bond acceptors (Lipinski definition) is 2. The minimum Gasteiger partial charge on any atom is -0.453 e. The highest BCUT2D eigenvalue weighted by Gasteiger charge is 2.36. The minimum atomic E-state index is 0.141. The smallest absolute Gasteiger partial charge is 0.417 e. The van der Waals surface area contributed by atoms with Gasteiger partial charge in [0.15, 0.2) is 0 Å². The van der Waals surface area contributed by atoms with Crippen molar-refractivity contribution in [2.75, 3.05) is 0 Å². The average molecular weight is 127 g/mol. The largest absolute Gasteiger partial charge is 0.453 e. The molecule has 0 spiro atoms. The first-order chi connectivity index (χ1) is 4.25. The summed E-state index contributed by atoms with van der Waals surface area (Å²) in [6, 6.07) is 0. The predicted octanol–water partition coefficient (Wildman–Crippen LogP) is 1.11. The molecule has 0 aliphatic heterocycles. The van der Waals surface area contributed by atoms with Crippen molar-refractivity contribution < 1.29 is 9.53 Å². The summed E-state index contributed by atoms with van der Waals surface area (Å²) in [5.41, 5.74) is 0. The highest BCUT2D eigenvalue weighted by molar-refractivity contribution is 5.39. The first-order valence-electron chi connectivity index (χ1n) is 3.28. The van der Waals surface area contributed by atoms with Gasteiger partial charge in [0.05, 0.1) is 0 Å². The summed E-state index contributed by atoms with van der Waals surface area (Å²) in [5, 5.41) is 0. The van der Waals surface area contributed by atoms with Gasteiger partial charge in [-0.1, -0.05) is 13.8 Å². The van der Waals surface area contributed by atoms with Crippen LogP contribution in [0.15, 0.2) is 0 Å². The molecule has 51 valence electrons. The van der Waals surface area contributed by atoms with E-state index in [1.807, 2.05) is 0 Å². The standard InChI is InChI=1S/C7H11O2/c1-5-3-6(2)7(5)9-4-8/h5-7H,3H2,1-2H3. The lowest BCUT2D eigenvalue weighted by Crippen LogP contribution is -2.40. The third-order valence-corrected chi connectivity index (χ3v) is 2.05. The fourth-order valence-electron chi connectivity index (χ4n) is 1.51. The Balaban J connectivity index is 2.30. The zero-order valence-corrected chi connectivity index (χ0v) is 5.76. The molecule has 0 aromatic rings. The molecule has 2 unspecified atom stereocenters. The molecular weight excluding hydrogens is 116 g/mol. The van der Waals surface area contributed by atoms with Crippen molar-refractivity contribution in [1.82, 2.24) is 0 Å². The molecule has 1 aliphatic rings. The van der Waals surface area contributed by atoms with Crippen molar-refractivity contribution in [2.24, 2.45) is 11.8 Å². The topological polar surface area (TPSA) is 26.3 Å². The second kappa shape index (κ2) is 2.38. The number of hydrogen-bond donors (Lipinski definition) is 0. The van der Waals surface area contributed by atoms with E-state index in [1.165, 1.54) is 12.9 Å². The van der Waals surface area contributed by atoms with Crippen LogP contribution in [0.5, 0.6) is 0 Å². The van der Waals surface area contributed by atoms with Crippen LogP contribution in [0.2, 0.25) is 0 Å². The van der Waals surface area contributed by atoms with Gasteiger partial charge >= 0.3 is 6.47 Å². The molecule has 0 aromatic carbocycles. The van der Waals surface area contributed by atoms with E-state index in [9.17, 15) is 4.79 Å². The Kier molecular flexibility index (Phi) is 1.74. The van der Waals surface area contributed by atoms with Gasteiger partial charge in [-0.05, 0) is 18.3 Å². The molecule has 1 aliphatic carbocycles. The first-order valence-corrected chi connectivity index (χ1v) is 3.28. The fourth-order valence-corrected chi connectivity index (χ4v) is 1.51. The molecule has 2 nitrogen and oxygen atoms in total. The van der Waals surface area contributed by atoms with Crippen molar-refractivity contribution in [3.63, 3.8) is 0 Å². The van der Waals surface area contributed by atoms with E-state index in [-0.39, 0.29) is 6.10 Å². The van der Waals surface area contributed by atoms with Gasteiger partial charge in [-0.3, -0.25) is 0 Å². The van der Waals surface area contributed by atoms with Gasteiger partial charge < -0.3 is 4.74 Å². The lowest BCUT2D eigenvalue weighted by molar-refractivity contribution is -0.0133. The summed E-state index contributed by atoms with van der Waals surface area (Å²) in [6.07, 6.45) is 1.31. The van der Waals surface area contributed by atoms with Crippen LogP contribution in [0.3, 0.4) is 0 Å².